The molecule has 0 amide bonds. The van der Waals surface area contributed by atoms with Gasteiger partial charge in [-0.2, -0.15) is 0 Å². The van der Waals surface area contributed by atoms with Crippen molar-refractivity contribution in [3.8, 4) is 0 Å². The van der Waals surface area contributed by atoms with E-state index in [2.05, 4.69) is 64.2 Å². The van der Waals surface area contributed by atoms with Crippen molar-refractivity contribution < 1.29 is 0 Å². The van der Waals surface area contributed by atoms with Crippen molar-refractivity contribution in [2.75, 3.05) is 13.1 Å². The van der Waals surface area contributed by atoms with E-state index in [0.717, 1.165) is 13.1 Å². The predicted molar refractivity (Wildman–Crippen MR) is 76.7 cm³/mol. The van der Waals surface area contributed by atoms with E-state index in [1.165, 1.54) is 17.5 Å². The number of nitrogens with one attached hydrogen (secondary N) is 1. The summed E-state index contributed by atoms with van der Waals surface area (Å²) >= 11 is 0. The van der Waals surface area contributed by atoms with Crippen molar-refractivity contribution in [1.29, 1.82) is 0 Å². The topological polar surface area (TPSA) is 12.0 Å². The van der Waals surface area contributed by atoms with Gasteiger partial charge < -0.3 is 5.32 Å². The maximum absolute atomic E-state index is 3.44. The van der Waals surface area contributed by atoms with Crippen LogP contribution in [-0.2, 0) is 5.41 Å². The summed E-state index contributed by atoms with van der Waals surface area (Å²) < 4.78 is 0. The zero-order valence-electron chi connectivity index (χ0n) is 12.0. The van der Waals surface area contributed by atoms with Gasteiger partial charge in [-0.3, -0.25) is 0 Å². The van der Waals surface area contributed by atoms with E-state index in [-0.39, 0.29) is 5.41 Å². The first-order valence-electron chi connectivity index (χ1n) is 6.82. The third kappa shape index (κ3) is 3.85. The van der Waals surface area contributed by atoms with Crippen LogP contribution in [0, 0.1) is 0 Å². The van der Waals surface area contributed by atoms with Crippen molar-refractivity contribution in [2.45, 2.75) is 52.4 Å². The van der Waals surface area contributed by atoms with Gasteiger partial charge in [-0.05, 0) is 30.0 Å². The molecule has 0 bridgehead atoms. The Morgan fingerprint density at radius 3 is 2.18 bits per heavy atom. The maximum atomic E-state index is 3.44. The van der Waals surface area contributed by atoms with Gasteiger partial charge in [-0.25, -0.2) is 0 Å². The molecule has 0 heterocycles. The highest BCUT2D eigenvalue weighted by Crippen LogP contribution is 2.25. The average molecular weight is 233 g/mol. The lowest BCUT2D eigenvalue weighted by Crippen LogP contribution is -2.32. The van der Waals surface area contributed by atoms with Crippen LogP contribution in [0.2, 0.25) is 0 Å². The zero-order chi connectivity index (χ0) is 12.9. The van der Waals surface area contributed by atoms with Gasteiger partial charge in [0.05, 0.1) is 0 Å². The Kier molecular flexibility index (Phi) is 5.20. The van der Waals surface area contributed by atoms with Crippen molar-refractivity contribution in [3.63, 3.8) is 0 Å². The van der Waals surface area contributed by atoms with Crippen LogP contribution in [0.4, 0.5) is 0 Å². The second kappa shape index (κ2) is 6.20. The van der Waals surface area contributed by atoms with Crippen LogP contribution in [0.3, 0.4) is 0 Å². The third-order valence-corrected chi connectivity index (χ3v) is 3.69. The van der Waals surface area contributed by atoms with Crippen molar-refractivity contribution in [2.24, 2.45) is 0 Å². The monoisotopic (exact) mass is 233 g/mol. The predicted octanol–water partition coefficient (Wildman–Crippen LogP) is 4.09. The lowest BCUT2D eigenvalue weighted by atomic mass is 9.83. The Bertz CT molecular complexity index is 324. The van der Waals surface area contributed by atoms with E-state index in [1.54, 1.807) is 0 Å². The van der Waals surface area contributed by atoms with Gasteiger partial charge in [0.2, 0.25) is 0 Å². The van der Waals surface area contributed by atoms with Crippen LogP contribution < -0.4 is 5.32 Å². The molecule has 0 saturated carbocycles. The third-order valence-electron chi connectivity index (χ3n) is 3.69. The van der Waals surface area contributed by atoms with E-state index >= 15 is 0 Å². The summed E-state index contributed by atoms with van der Waals surface area (Å²) in [5.74, 6) is 0.668. The van der Waals surface area contributed by atoms with Crippen LogP contribution in [0.25, 0.3) is 0 Å². The molecule has 1 atom stereocenters. The van der Waals surface area contributed by atoms with Gasteiger partial charge in [0.15, 0.2) is 0 Å². The summed E-state index contributed by atoms with van der Waals surface area (Å²) in [6.07, 6.45) is 1.21. The molecule has 1 rings (SSSR count). The summed E-state index contributed by atoms with van der Waals surface area (Å²) in [7, 11) is 0. The molecule has 1 nitrogen and oxygen atoms in total. The first-order chi connectivity index (χ1) is 8.01. The molecule has 0 radical (unpaired) electrons. The highest BCUT2D eigenvalue weighted by atomic mass is 14.9. The average Bonchev–Trinajstić information content (AvgIpc) is 2.35. The molecule has 0 saturated heterocycles. The highest BCUT2D eigenvalue weighted by Gasteiger charge is 2.19. The standard InChI is InChI=1S/C16H27N/c1-6-13(3)14-8-10-15(11-9-14)16(4,5)12-17-7-2/h8-11,13,17H,6-7,12H2,1-5H3. The van der Waals surface area contributed by atoms with Gasteiger partial charge >= 0.3 is 0 Å². The van der Waals surface area contributed by atoms with Crippen molar-refractivity contribution in [1.82, 2.24) is 5.32 Å². The molecule has 0 aliphatic rings. The molecule has 0 aliphatic heterocycles. The fraction of sp³-hybridized carbons (Fsp3) is 0.625. The maximum Gasteiger partial charge on any atom is 0.00430 e. The Labute approximate surface area is 107 Å². The second-order valence-electron chi connectivity index (χ2n) is 5.60. The first kappa shape index (κ1) is 14.2. The zero-order valence-corrected chi connectivity index (χ0v) is 12.0. The van der Waals surface area contributed by atoms with E-state index in [1.807, 2.05) is 0 Å². The quantitative estimate of drug-likeness (QED) is 0.780. The molecule has 1 N–H and O–H groups in total. The number of likely N-dealkylation sites (N-methyl/N-ethyl adjacent to an activating group) is 1. The minimum absolute atomic E-state index is 0.212. The van der Waals surface area contributed by atoms with Crippen molar-refractivity contribution in [3.05, 3.63) is 35.4 Å². The summed E-state index contributed by atoms with van der Waals surface area (Å²) in [6, 6.07) is 9.16. The number of hydrogen-bond acceptors (Lipinski definition) is 1. The normalized spacial score (nSPS) is 13.7. The highest BCUT2D eigenvalue weighted by molar-refractivity contribution is 5.30. The van der Waals surface area contributed by atoms with Gasteiger partial charge in [0.1, 0.15) is 0 Å². The van der Waals surface area contributed by atoms with E-state index in [9.17, 15) is 0 Å². The largest absolute Gasteiger partial charge is 0.316 e. The molecule has 0 aliphatic carbocycles. The van der Waals surface area contributed by atoms with Crippen LogP contribution in [0.1, 0.15) is 58.1 Å². The van der Waals surface area contributed by atoms with Crippen LogP contribution in [0.5, 0.6) is 0 Å². The minimum atomic E-state index is 0.212. The Morgan fingerprint density at radius 2 is 1.71 bits per heavy atom. The van der Waals surface area contributed by atoms with Crippen LogP contribution in [0.15, 0.2) is 24.3 Å². The summed E-state index contributed by atoms with van der Waals surface area (Å²) in [4.78, 5) is 0. The molecular formula is C16H27N. The van der Waals surface area contributed by atoms with E-state index in [0.29, 0.717) is 5.92 Å². The van der Waals surface area contributed by atoms with Gasteiger partial charge in [-0.15, -0.1) is 0 Å². The van der Waals surface area contributed by atoms with Crippen LogP contribution in [-0.4, -0.2) is 13.1 Å². The lowest BCUT2D eigenvalue weighted by molar-refractivity contribution is 0.477. The minimum Gasteiger partial charge on any atom is -0.316 e. The molecular weight excluding hydrogens is 206 g/mol. The van der Waals surface area contributed by atoms with Gasteiger partial charge in [0.25, 0.3) is 0 Å². The Morgan fingerprint density at radius 1 is 1.12 bits per heavy atom. The number of benzene rings is 1. The number of hydrogen-bond donors (Lipinski definition) is 1. The van der Waals surface area contributed by atoms with Gasteiger partial charge in [-0.1, -0.05) is 58.9 Å². The summed E-state index contributed by atoms with van der Waals surface area (Å²) in [5, 5.41) is 3.44. The Hall–Kier alpha value is -0.820. The molecule has 1 heteroatoms. The molecule has 0 fully saturated rings. The fourth-order valence-electron chi connectivity index (χ4n) is 2.04. The Balaban J connectivity index is 2.79. The number of rotatable bonds is 6. The molecule has 0 aromatic heterocycles. The fourth-order valence-corrected chi connectivity index (χ4v) is 2.04. The second-order valence-corrected chi connectivity index (χ2v) is 5.60. The van der Waals surface area contributed by atoms with E-state index < -0.39 is 0 Å². The van der Waals surface area contributed by atoms with Gasteiger partial charge in [0, 0.05) is 12.0 Å². The summed E-state index contributed by atoms with van der Waals surface area (Å²) in [6.45, 7) is 13.4. The SMILES string of the molecule is CCNCC(C)(C)c1ccc(C(C)CC)cc1. The molecule has 1 aromatic carbocycles. The first-order valence-corrected chi connectivity index (χ1v) is 6.82. The van der Waals surface area contributed by atoms with Crippen molar-refractivity contribution >= 4 is 0 Å². The smallest absolute Gasteiger partial charge is 0.00430 e. The molecule has 1 unspecified atom stereocenters. The molecule has 96 valence electrons. The molecule has 1 aromatic rings. The lowest BCUT2D eigenvalue weighted by Gasteiger charge is -2.26. The molecule has 0 spiro atoms. The molecule has 17 heavy (non-hydrogen) atoms. The van der Waals surface area contributed by atoms with Crippen LogP contribution >= 0.6 is 0 Å². The summed E-state index contributed by atoms with van der Waals surface area (Å²) in [5.41, 5.74) is 3.09. The van der Waals surface area contributed by atoms with E-state index in [4.69, 9.17) is 0 Å².